The van der Waals surface area contributed by atoms with Gasteiger partial charge < -0.3 is 19.7 Å². The molecule has 3 heterocycles. The van der Waals surface area contributed by atoms with Gasteiger partial charge in [0.05, 0.1) is 30.2 Å². The number of aryl methyl sites for hydroxylation is 1. The SMILES string of the molecule is CN=C(NCc1c(C)nn(-c2ccccc2)c1C)N1CCC(OCC2CCCCO2)CC1. The van der Waals surface area contributed by atoms with E-state index in [1.165, 1.54) is 18.4 Å². The van der Waals surface area contributed by atoms with Crippen molar-refractivity contribution in [2.75, 3.05) is 33.4 Å². The van der Waals surface area contributed by atoms with Crippen LogP contribution >= 0.6 is 0 Å². The molecule has 2 fully saturated rings. The van der Waals surface area contributed by atoms with Crippen molar-refractivity contribution in [1.29, 1.82) is 0 Å². The van der Waals surface area contributed by atoms with Gasteiger partial charge in [-0.15, -0.1) is 0 Å². The van der Waals surface area contributed by atoms with E-state index in [0.29, 0.717) is 18.8 Å². The highest BCUT2D eigenvalue weighted by Gasteiger charge is 2.24. The molecule has 7 nitrogen and oxygen atoms in total. The standard InChI is InChI=1S/C25H37N5O2/c1-19-24(20(2)30(28-19)21-9-5-4-6-10-21)17-27-25(26-3)29-14-12-22(13-15-29)32-18-23-11-7-8-16-31-23/h4-6,9-10,22-23H,7-8,11-18H2,1-3H3,(H,26,27). The predicted molar refractivity (Wildman–Crippen MR) is 127 cm³/mol. The van der Waals surface area contributed by atoms with Gasteiger partial charge in [0.2, 0.25) is 0 Å². The average Bonchev–Trinajstić information content (AvgIpc) is 3.13. The molecule has 7 heteroatoms. The molecule has 2 aliphatic rings. The van der Waals surface area contributed by atoms with Gasteiger partial charge in [0.15, 0.2) is 5.96 Å². The van der Waals surface area contributed by atoms with Crippen LogP contribution in [0.5, 0.6) is 0 Å². The number of ether oxygens (including phenoxy) is 2. The van der Waals surface area contributed by atoms with Crippen LogP contribution in [0.1, 0.15) is 49.1 Å². The van der Waals surface area contributed by atoms with Crippen LogP contribution in [0.25, 0.3) is 5.69 Å². The minimum Gasteiger partial charge on any atom is -0.376 e. The molecule has 0 bridgehead atoms. The molecule has 1 N–H and O–H groups in total. The highest BCUT2D eigenvalue weighted by atomic mass is 16.5. The van der Waals surface area contributed by atoms with Gasteiger partial charge in [-0.25, -0.2) is 4.68 Å². The second kappa shape index (κ2) is 11.0. The van der Waals surface area contributed by atoms with Crippen LogP contribution in [0.4, 0.5) is 0 Å². The van der Waals surface area contributed by atoms with Gasteiger partial charge in [-0.1, -0.05) is 18.2 Å². The van der Waals surface area contributed by atoms with Crippen LogP contribution in [-0.4, -0.2) is 66.2 Å². The van der Waals surface area contributed by atoms with E-state index in [0.717, 1.165) is 68.6 Å². The Kier molecular flexibility index (Phi) is 7.81. The number of piperidine rings is 1. The number of benzene rings is 1. The Morgan fingerprint density at radius 3 is 2.62 bits per heavy atom. The lowest BCUT2D eigenvalue weighted by molar-refractivity contribution is -0.0721. The van der Waals surface area contributed by atoms with Crippen molar-refractivity contribution in [2.24, 2.45) is 4.99 Å². The number of nitrogens with one attached hydrogen (secondary N) is 1. The van der Waals surface area contributed by atoms with Gasteiger partial charge >= 0.3 is 0 Å². The summed E-state index contributed by atoms with van der Waals surface area (Å²) in [5.41, 5.74) is 4.52. The first kappa shape index (κ1) is 22.8. The lowest BCUT2D eigenvalue weighted by atomic mass is 10.1. The van der Waals surface area contributed by atoms with Crippen molar-refractivity contribution in [1.82, 2.24) is 20.0 Å². The zero-order valence-corrected chi connectivity index (χ0v) is 19.7. The highest BCUT2D eigenvalue weighted by Crippen LogP contribution is 2.20. The Bertz CT molecular complexity index is 881. The number of nitrogens with zero attached hydrogens (tertiary/aromatic N) is 4. The Morgan fingerprint density at radius 1 is 1.16 bits per heavy atom. The lowest BCUT2D eigenvalue weighted by Gasteiger charge is -2.35. The minimum absolute atomic E-state index is 0.291. The van der Waals surface area contributed by atoms with Crippen LogP contribution in [0.2, 0.25) is 0 Å². The summed E-state index contributed by atoms with van der Waals surface area (Å²) in [6.45, 7) is 8.46. The van der Waals surface area contributed by atoms with Crippen molar-refractivity contribution in [3.63, 3.8) is 0 Å². The number of rotatable bonds is 6. The van der Waals surface area contributed by atoms with Gasteiger partial charge in [0.1, 0.15) is 0 Å². The third-order valence-corrected chi connectivity index (χ3v) is 6.61. The lowest BCUT2D eigenvalue weighted by Crippen LogP contribution is -2.47. The summed E-state index contributed by atoms with van der Waals surface area (Å²) < 4.78 is 14.0. The van der Waals surface area contributed by atoms with E-state index in [4.69, 9.17) is 14.6 Å². The van der Waals surface area contributed by atoms with Crippen LogP contribution in [-0.2, 0) is 16.0 Å². The molecule has 4 rings (SSSR count). The maximum absolute atomic E-state index is 6.17. The molecule has 1 aromatic carbocycles. The molecule has 0 radical (unpaired) electrons. The number of likely N-dealkylation sites (tertiary alicyclic amines) is 1. The van der Waals surface area contributed by atoms with Gasteiger partial charge in [0.25, 0.3) is 0 Å². The zero-order valence-electron chi connectivity index (χ0n) is 19.7. The highest BCUT2D eigenvalue weighted by molar-refractivity contribution is 5.80. The molecule has 0 aliphatic carbocycles. The molecule has 1 unspecified atom stereocenters. The first-order chi connectivity index (χ1) is 15.7. The number of para-hydroxylation sites is 1. The summed E-state index contributed by atoms with van der Waals surface area (Å²) in [4.78, 5) is 6.88. The Balaban J connectivity index is 1.28. The molecular formula is C25H37N5O2. The second-order valence-electron chi connectivity index (χ2n) is 8.81. The van der Waals surface area contributed by atoms with Crippen molar-refractivity contribution >= 4 is 5.96 Å². The largest absolute Gasteiger partial charge is 0.376 e. The summed E-state index contributed by atoms with van der Waals surface area (Å²) in [5, 5.41) is 8.32. The second-order valence-corrected chi connectivity index (χ2v) is 8.81. The van der Waals surface area contributed by atoms with Gasteiger partial charge in [-0.05, 0) is 58.1 Å². The summed E-state index contributed by atoms with van der Waals surface area (Å²) in [6, 6.07) is 10.3. The normalized spacial score (nSPS) is 20.5. The van der Waals surface area contributed by atoms with E-state index in [2.05, 4.69) is 41.2 Å². The fraction of sp³-hybridized carbons (Fsp3) is 0.600. The van der Waals surface area contributed by atoms with Crippen LogP contribution in [0, 0.1) is 13.8 Å². The summed E-state index contributed by atoms with van der Waals surface area (Å²) in [5.74, 6) is 0.949. The fourth-order valence-corrected chi connectivity index (χ4v) is 4.67. The van der Waals surface area contributed by atoms with E-state index in [1.54, 1.807) is 0 Å². The Labute approximate surface area is 191 Å². The molecule has 32 heavy (non-hydrogen) atoms. The molecule has 0 spiro atoms. The van der Waals surface area contributed by atoms with Gasteiger partial charge in [-0.3, -0.25) is 4.99 Å². The van der Waals surface area contributed by atoms with Gasteiger partial charge in [-0.2, -0.15) is 5.10 Å². The zero-order chi connectivity index (χ0) is 22.3. The molecule has 2 saturated heterocycles. The number of guanidine groups is 1. The van der Waals surface area contributed by atoms with Crippen molar-refractivity contribution in [3.8, 4) is 5.69 Å². The third kappa shape index (κ3) is 5.51. The predicted octanol–water partition coefficient (Wildman–Crippen LogP) is 3.61. The van der Waals surface area contributed by atoms with E-state index in [-0.39, 0.29) is 0 Å². The molecule has 0 amide bonds. The number of hydrogen-bond acceptors (Lipinski definition) is 4. The summed E-state index contributed by atoms with van der Waals surface area (Å²) in [7, 11) is 1.86. The van der Waals surface area contributed by atoms with Gasteiger partial charge in [0, 0.05) is 44.5 Å². The fourth-order valence-electron chi connectivity index (χ4n) is 4.67. The smallest absolute Gasteiger partial charge is 0.193 e. The maximum atomic E-state index is 6.17. The van der Waals surface area contributed by atoms with Crippen molar-refractivity contribution in [2.45, 2.75) is 64.7 Å². The molecule has 2 aromatic rings. The molecule has 0 saturated carbocycles. The molecule has 1 aromatic heterocycles. The molecule has 174 valence electrons. The average molecular weight is 440 g/mol. The van der Waals surface area contributed by atoms with Crippen molar-refractivity contribution < 1.29 is 9.47 Å². The molecule has 1 atom stereocenters. The number of aromatic nitrogens is 2. The first-order valence-electron chi connectivity index (χ1n) is 11.9. The topological polar surface area (TPSA) is 63.9 Å². The van der Waals surface area contributed by atoms with Crippen LogP contribution in [0.15, 0.2) is 35.3 Å². The first-order valence-corrected chi connectivity index (χ1v) is 11.9. The van der Waals surface area contributed by atoms with Crippen LogP contribution < -0.4 is 5.32 Å². The van der Waals surface area contributed by atoms with E-state index < -0.39 is 0 Å². The number of hydrogen-bond donors (Lipinski definition) is 1. The molecular weight excluding hydrogens is 402 g/mol. The number of aliphatic imine (C=N–C) groups is 1. The maximum Gasteiger partial charge on any atom is 0.193 e. The van der Waals surface area contributed by atoms with Crippen LogP contribution in [0.3, 0.4) is 0 Å². The van der Waals surface area contributed by atoms with E-state index in [9.17, 15) is 0 Å². The Morgan fingerprint density at radius 2 is 1.94 bits per heavy atom. The van der Waals surface area contributed by atoms with E-state index >= 15 is 0 Å². The minimum atomic E-state index is 0.291. The third-order valence-electron chi connectivity index (χ3n) is 6.61. The monoisotopic (exact) mass is 439 g/mol. The summed E-state index contributed by atoms with van der Waals surface area (Å²) in [6.07, 6.45) is 6.25. The summed E-state index contributed by atoms with van der Waals surface area (Å²) >= 11 is 0. The van der Waals surface area contributed by atoms with E-state index in [1.807, 2.05) is 29.9 Å². The van der Waals surface area contributed by atoms with Crippen molar-refractivity contribution in [3.05, 3.63) is 47.3 Å². The quantitative estimate of drug-likeness (QED) is 0.550. The Hall–Kier alpha value is -2.38. The molecule has 2 aliphatic heterocycles.